The molecule has 1 fully saturated rings. The Morgan fingerprint density at radius 1 is 1.31 bits per heavy atom. The van der Waals surface area contributed by atoms with Crippen LogP contribution in [0, 0.1) is 0 Å². The molecule has 2 rings (SSSR count). The van der Waals surface area contributed by atoms with Gasteiger partial charge in [-0.15, -0.1) is 0 Å². The molecule has 0 amide bonds. The summed E-state index contributed by atoms with van der Waals surface area (Å²) in [5, 5.41) is 3.54. The van der Waals surface area contributed by atoms with Crippen LogP contribution in [0.25, 0.3) is 0 Å². The van der Waals surface area contributed by atoms with Gasteiger partial charge in [-0.1, -0.05) is 18.2 Å². The Morgan fingerprint density at radius 2 is 2.12 bits per heavy atom. The molecule has 1 aromatic rings. The van der Waals surface area contributed by atoms with Gasteiger partial charge in [0.1, 0.15) is 5.75 Å². The van der Waals surface area contributed by atoms with E-state index in [9.17, 15) is 0 Å². The summed E-state index contributed by atoms with van der Waals surface area (Å²) in [6.45, 7) is 6.11. The number of para-hydroxylation sites is 1. The highest BCUT2D eigenvalue weighted by atomic mass is 16.5. The summed E-state index contributed by atoms with van der Waals surface area (Å²) >= 11 is 0. The van der Waals surface area contributed by atoms with Crippen LogP contribution in [0.3, 0.4) is 0 Å². The van der Waals surface area contributed by atoms with Crippen LogP contribution in [0.2, 0.25) is 0 Å². The van der Waals surface area contributed by atoms with E-state index in [1.807, 2.05) is 13.0 Å². The van der Waals surface area contributed by atoms with Crippen LogP contribution >= 0.6 is 0 Å². The third-order valence-electron chi connectivity index (χ3n) is 3.32. The van der Waals surface area contributed by atoms with Gasteiger partial charge in [0.2, 0.25) is 0 Å². The first-order valence-electron chi connectivity index (χ1n) is 6.26. The number of nitrogens with one attached hydrogen (secondary N) is 1. The van der Waals surface area contributed by atoms with Gasteiger partial charge in [-0.2, -0.15) is 0 Å². The Hall–Kier alpha value is -1.02. The maximum Gasteiger partial charge on any atom is 0.122 e. The van der Waals surface area contributed by atoms with Crippen molar-refractivity contribution in [3.05, 3.63) is 29.8 Å². The predicted molar refractivity (Wildman–Crippen MR) is 67.1 cm³/mol. The third-order valence-corrected chi connectivity index (χ3v) is 3.32. The standard InChI is InChI=1S/C14H21NO/c1-3-16-14-7-5-4-6-13(14)12-9-8-11(2)15-10-12/h4-7,11-12,15H,3,8-10H2,1-2H3. The molecule has 1 N–H and O–H groups in total. The molecule has 0 saturated carbocycles. The molecule has 2 nitrogen and oxygen atoms in total. The fourth-order valence-electron chi connectivity index (χ4n) is 2.37. The number of ether oxygens (including phenoxy) is 1. The smallest absolute Gasteiger partial charge is 0.122 e. The van der Waals surface area contributed by atoms with Gasteiger partial charge in [-0.25, -0.2) is 0 Å². The van der Waals surface area contributed by atoms with E-state index in [4.69, 9.17) is 4.74 Å². The summed E-state index contributed by atoms with van der Waals surface area (Å²) in [6, 6.07) is 9.10. The maximum absolute atomic E-state index is 5.69. The minimum Gasteiger partial charge on any atom is -0.494 e. The Bertz CT molecular complexity index is 329. The van der Waals surface area contributed by atoms with Crippen molar-refractivity contribution in [1.29, 1.82) is 0 Å². The normalized spacial score (nSPS) is 25.4. The first-order chi connectivity index (χ1) is 7.81. The molecule has 2 heteroatoms. The van der Waals surface area contributed by atoms with Gasteiger partial charge in [-0.3, -0.25) is 0 Å². The quantitative estimate of drug-likeness (QED) is 0.844. The topological polar surface area (TPSA) is 21.3 Å². The van der Waals surface area contributed by atoms with Crippen LogP contribution in [0.1, 0.15) is 38.2 Å². The average molecular weight is 219 g/mol. The predicted octanol–water partition coefficient (Wildman–Crippen LogP) is 2.94. The Labute approximate surface area is 98.0 Å². The van der Waals surface area contributed by atoms with Gasteiger partial charge in [0.15, 0.2) is 0 Å². The molecule has 0 aromatic heterocycles. The Kier molecular flexibility index (Phi) is 3.83. The maximum atomic E-state index is 5.69. The monoisotopic (exact) mass is 219 g/mol. The molecule has 2 atom stereocenters. The van der Waals surface area contributed by atoms with E-state index in [0.717, 1.165) is 18.9 Å². The van der Waals surface area contributed by atoms with Crippen molar-refractivity contribution in [2.24, 2.45) is 0 Å². The van der Waals surface area contributed by atoms with E-state index < -0.39 is 0 Å². The second-order valence-electron chi connectivity index (χ2n) is 4.55. The molecule has 1 aromatic carbocycles. The van der Waals surface area contributed by atoms with Crippen LogP contribution in [-0.2, 0) is 0 Å². The fraction of sp³-hybridized carbons (Fsp3) is 0.571. The van der Waals surface area contributed by atoms with Crippen molar-refractivity contribution in [3.8, 4) is 5.75 Å². The molecule has 1 aliphatic rings. The molecular formula is C14H21NO. The summed E-state index contributed by atoms with van der Waals surface area (Å²) in [6.07, 6.45) is 2.52. The van der Waals surface area contributed by atoms with Gasteiger partial charge in [0, 0.05) is 18.5 Å². The lowest BCUT2D eigenvalue weighted by atomic mass is 9.88. The average Bonchev–Trinajstić information content (AvgIpc) is 2.32. The van der Waals surface area contributed by atoms with Crippen LogP contribution < -0.4 is 10.1 Å². The zero-order valence-corrected chi connectivity index (χ0v) is 10.2. The van der Waals surface area contributed by atoms with Crippen molar-refractivity contribution in [1.82, 2.24) is 5.32 Å². The lowest BCUT2D eigenvalue weighted by Gasteiger charge is -2.29. The summed E-state index contributed by atoms with van der Waals surface area (Å²) in [5.41, 5.74) is 1.36. The number of benzene rings is 1. The number of hydrogen-bond acceptors (Lipinski definition) is 2. The van der Waals surface area contributed by atoms with Gasteiger partial charge in [-0.05, 0) is 38.3 Å². The molecule has 1 saturated heterocycles. The van der Waals surface area contributed by atoms with E-state index in [1.54, 1.807) is 0 Å². The first-order valence-corrected chi connectivity index (χ1v) is 6.26. The summed E-state index contributed by atoms with van der Waals surface area (Å²) in [4.78, 5) is 0. The Balaban J connectivity index is 2.13. The minimum absolute atomic E-state index is 0.610. The number of rotatable bonds is 3. The minimum atomic E-state index is 0.610. The van der Waals surface area contributed by atoms with Crippen LogP contribution in [-0.4, -0.2) is 19.2 Å². The van der Waals surface area contributed by atoms with Gasteiger partial charge in [0.05, 0.1) is 6.61 Å². The SMILES string of the molecule is CCOc1ccccc1C1CCC(C)NC1. The molecule has 0 bridgehead atoms. The summed E-state index contributed by atoms with van der Waals surface area (Å²) < 4.78 is 5.69. The molecule has 0 spiro atoms. The van der Waals surface area contributed by atoms with Gasteiger partial charge < -0.3 is 10.1 Å². The van der Waals surface area contributed by atoms with Crippen molar-refractivity contribution in [3.63, 3.8) is 0 Å². The molecular weight excluding hydrogens is 198 g/mol. The zero-order chi connectivity index (χ0) is 11.4. The highest BCUT2D eigenvalue weighted by Gasteiger charge is 2.21. The fourth-order valence-corrected chi connectivity index (χ4v) is 2.37. The van der Waals surface area contributed by atoms with E-state index in [2.05, 4.69) is 30.4 Å². The number of piperidine rings is 1. The molecule has 0 radical (unpaired) electrons. The molecule has 2 unspecified atom stereocenters. The highest BCUT2D eigenvalue weighted by molar-refractivity contribution is 5.36. The van der Waals surface area contributed by atoms with Crippen molar-refractivity contribution in [2.45, 2.75) is 38.6 Å². The second kappa shape index (κ2) is 5.35. The molecule has 1 aliphatic heterocycles. The molecule has 16 heavy (non-hydrogen) atoms. The van der Waals surface area contributed by atoms with Crippen LogP contribution in [0.15, 0.2) is 24.3 Å². The third kappa shape index (κ3) is 2.56. The number of hydrogen-bond donors (Lipinski definition) is 1. The molecule has 1 heterocycles. The molecule has 88 valence electrons. The Morgan fingerprint density at radius 3 is 2.81 bits per heavy atom. The molecule has 0 aliphatic carbocycles. The van der Waals surface area contributed by atoms with E-state index in [1.165, 1.54) is 18.4 Å². The van der Waals surface area contributed by atoms with Crippen molar-refractivity contribution >= 4 is 0 Å². The van der Waals surface area contributed by atoms with Crippen molar-refractivity contribution < 1.29 is 4.74 Å². The van der Waals surface area contributed by atoms with Crippen LogP contribution in [0.5, 0.6) is 5.75 Å². The van der Waals surface area contributed by atoms with E-state index in [0.29, 0.717) is 12.0 Å². The lowest BCUT2D eigenvalue weighted by Crippen LogP contribution is -2.35. The first kappa shape index (κ1) is 11.5. The zero-order valence-electron chi connectivity index (χ0n) is 10.2. The summed E-state index contributed by atoms with van der Waals surface area (Å²) in [7, 11) is 0. The summed E-state index contributed by atoms with van der Waals surface area (Å²) in [5.74, 6) is 1.67. The van der Waals surface area contributed by atoms with Crippen molar-refractivity contribution in [2.75, 3.05) is 13.2 Å². The second-order valence-corrected chi connectivity index (χ2v) is 4.55. The van der Waals surface area contributed by atoms with Gasteiger partial charge >= 0.3 is 0 Å². The lowest BCUT2D eigenvalue weighted by molar-refractivity contribution is 0.324. The van der Waals surface area contributed by atoms with E-state index in [-0.39, 0.29) is 0 Å². The highest BCUT2D eigenvalue weighted by Crippen LogP contribution is 2.31. The van der Waals surface area contributed by atoms with Crippen LogP contribution in [0.4, 0.5) is 0 Å². The van der Waals surface area contributed by atoms with Gasteiger partial charge in [0.25, 0.3) is 0 Å². The van der Waals surface area contributed by atoms with E-state index >= 15 is 0 Å². The largest absolute Gasteiger partial charge is 0.494 e.